The molecule has 0 saturated heterocycles. The summed E-state index contributed by atoms with van der Waals surface area (Å²) in [5, 5.41) is 2.90. The van der Waals surface area contributed by atoms with Crippen molar-refractivity contribution in [1.82, 2.24) is 19.7 Å². The summed E-state index contributed by atoms with van der Waals surface area (Å²) < 4.78 is 7.44. The Balaban J connectivity index is 1.56. The van der Waals surface area contributed by atoms with Gasteiger partial charge in [0.2, 0.25) is 0 Å². The van der Waals surface area contributed by atoms with Gasteiger partial charge in [-0.15, -0.1) is 0 Å². The molecule has 0 saturated carbocycles. The Morgan fingerprint density at radius 1 is 1.19 bits per heavy atom. The fraction of sp³-hybridized carbons (Fsp3) is 0.350. The predicted octanol–water partition coefficient (Wildman–Crippen LogP) is 3.54. The number of fused-ring (bicyclic) bond motifs is 1. The topological polar surface area (TPSA) is 68.5 Å². The molecular formula is C20H24N4O2. The number of carbonyl (C=O) groups excluding carboxylic acids is 1. The van der Waals surface area contributed by atoms with Crippen molar-refractivity contribution in [2.45, 2.75) is 39.7 Å². The fourth-order valence-corrected chi connectivity index (χ4v) is 2.64. The summed E-state index contributed by atoms with van der Waals surface area (Å²) >= 11 is 0. The summed E-state index contributed by atoms with van der Waals surface area (Å²) in [6.45, 7) is 5.23. The second-order valence-corrected chi connectivity index (χ2v) is 6.28. The molecule has 0 spiro atoms. The third-order valence-electron chi connectivity index (χ3n) is 4.13. The predicted molar refractivity (Wildman–Crippen MR) is 100 cm³/mol. The van der Waals surface area contributed by atoms with E-state index in [9.17, 15) is 4.79 Å². The van der Waals surface area contributed by atoms with Crippen LogP contribution in [0.15, 0.2) is 42.9 Å². The monoisotopic (exact) mass is 352 g/mol. The first-order valence-corrected chi connectivity index (χ1v) is 8.97. The largest absolute Gasteiger partial charge is 0.494 e. The van der Waals surface area contributed by atoms with Crippen molar-refractivity contribution in [3.8, 4) is 5.75 Å². The molecule has 3 rings (SSSR count). The van der Waals surface area contributed by atoms with Crippen molar-refractivity contribution < 1.29 is 9.53 Å². The molecule has 1 amide bonds. The highest BCUT2D eigenvalue weighted by Gasteiger charge is 2.14. The molecule has 0 aliphatic carbocycles. The summed E-state index contributed by atoms with van der Waals surface area (Å²) in [6, 6.07) is 9.67. The first kappa shape index (κ1) is 17.9. The molecule has 2 aromatic heterocycles. The van der Waals surface area contributed by atoms with Crippen molar-refractivity contribution in [2.75, 3.05) is 6.61 Å². The molecule has 6 heteroatoms. The van der Waals surface area contributed by atoms with E-state index in [0.717, 1.165) is 30.0 Å². The van der Waals surface area contributed by atoms with Crippen LogP contribution in [-0.4, -0.2) is 26.9 Å². The van der Waals surface area contributed by atoms with Gasteiger partial charge in [0.25, 0.3) is 5.91 Å². The van der Waals surface area contributed by atoms with Gasteiger partial charge in [-0.25, -0.2) is 9.97 Å². The lowest BCUT2D eigenvalue weighted by atomic mass is 10.2. The lowest BCUT2D eigenvalue weighted by molar-refractivity contribution is 0.0948. The first-order chi connectivity index (χ1) is 12.7. The average molecular weight is 352 g/mol. The maximum atomic E-state index is 12.4. The Morgan fingerprint density at radius 2 is 2.00 bits per heavy atom. The van der Waals surface area contributed by atoms with Crippen LogP contribution in [0.2, 0.25) is 0 Å². The number of imidazole rings is 1. The average Bonchev–Trinajstić information content (AvgIpc) is 3.07. The van der Waals surface area contributed by atoms with Crippen molar-refractivity contribution >= 4 is 11.6 Å². The number of nitrogens with one attached hydrogen (secondary N) is 1. The number of hydrogen-bond acceptors (Lipinski definition) is 4. The Kier molecular flexibility index (Phi) is 5.84. The van der Waals surface area contributed by atoms with Crippen LogP contribution >= 0.6 is 0 Å². The van der Waals surface area contributed by atoms with Gasteiger partial charge in [0.1, 0.15) is 12.1 Å². The second-order valence-electron chi connectivity index (χ2n) is 6.28. The lowest BCUT2D eigenvalue weighted by Gasteiger charge is -2.08. The van der Waals surface area contributed by atoms with E-state index in [-0.39, 0.29) is 5.91 Å². The molecule has 2 heterocycles. The van der Waals surface area contributed by atoms with Crippen molar-refractivity contribution in [3.63, 3.8) is 0 Å². The number of ether oxygens (including phenoxy) is 1. The number of aryl methyl sites for hydroxylation is 1. The molecule has 0 fully saturated rings. The molecular weight excluding hydrogens is 328 g/mol. The van der Waals surface area contributed by atoms with Crippen LogP contribution in [0.5, 0.6) is 5.75 Å². The molecule has 1 aromatic carbocycles. The highest BCUT2D eigenvalue weighted by Crippen LogP contribution is 2.13. The van der Waals surface area contributed by atoms with Gasteiger partial charge < -0.3 is 10.1 Å². The van der Waals surface area contributed by atoms with Gasteiger partial charge in [-0.05, 0) is 37.1 Å². The number of nitrogens with zero attached hydrogens (tertiary/aromatic N) is 3. The van der Waals surface area contributed by atoms with Gasteiger partial charge in [-0.2, -0.15) is 0 Å². The minimum atomic E-state index is -0.231. The van der Waals surface area contributed by atoms with Crippen LogP contribution in [0, 0.1) is 6.92 Å². The maximum Gasteiger partial charge on any atom is 0.274 e. The van der Waals surface area contributed by atoms with Crippen LogP contribution in [-0.2, 0) is 6.54 Å². The zero-order valence-corrected chi connectivity index (χ0v) is 15.2. The Morgan fingerprint density at radius 3 is 2.77 bits per heavy atom. The molecule has 0 bridgehead atoms. The van der Waals surface area contributed by atoms with Gasteiger partial charge in [0.05, 0.1) is 6.61 Å². The van der Waals surface area contributed by atoms with E-state index >= 15 is 0 Å². The Labute approximate surface area is 153 Å². The summed E-state index contributed by atoms with van der Waals surface area (Å²) in [6.07, 6.45) is 6.88. The van der Waals surface area contributed by atoms with Gasteiger partial charge in [-0.3, -0.25) is 9.20 Å². The number of rotatable bonds is 8. The zero-order chi connectivity index (χ0) is 18.4. The number of amides is 1. The van der Waals surface area contributed by atoms with Gasteiger partial charge in [0, 0.05) is 18.4 Å². The first-order valence-electron chi connectivity index (χ1n) is 8.97. The molecule has 1 N–H and O–H groups in total. The van der Waals surface area contributed by atoms with E-state index in [4.69, 9.17) is 4.74 Å². The highest BCUT2D eigenvalue weighted by molar-refractivity contribution is 5.97. The molecule has 6 nitrogen and oxygen atoms in total. The third kappa shape index (κ3) is 4.39. The standard InChI is InChI=1S/C20H24N4O2/c1-3-4-5-12-26-17-8-6-16(7-9-17)13-21-20(25)18-19-23-15(2)10-11-24(19)14-22-18/h6-11,14H,3-5,12-13H2,1-2H3,(H,21,25). The molecule has 3 aromatic rings. The van der Waals surface area contributed by atoms with Crippen molar-refractivity contribution in [1.29, 1.82) is 0 Å². The summed E-state index contributed by atoms with van der Waals surface area (Å²) in [4.78, 5) is 21.0. The molecule has 0 unspecified atom stereocenters. The lowest BCUT2D eigenvalue weighted by Crippen LogP contribution is -2.23. The fourth-order valence-electron chi connectivity index (χ4n) is 2.64. The minimum absolute atomic E-state index is 0.231. The van der Waals surface area contributed by atoms with E-state index in [1.807, 2.05) is 43.5 Å². The van der Waals surface area contributed by atoms with E-state index in [0.29, 0.717) is 17.9 Å². The molecule has 0 atom stereocenters. The quantitative estimate of drug-likeness (QED) is 0.630. The molecule has 26 heavy (non-hydrogen) atoms. The molecule has 0 aliphatic rings. The van der Waals surface area contributed by atoms with Crippen LogP contribution in [0.4, 0.5) is 0 Å². The number of unbranched alkanes of at least 4 members (excludes halogenated alkanes) is 2. The highest BCUT2D eigenvalue weighted by atomic mass is 16.5. The molecule has 136 valence electrons. The second kappa shape index (κ2) is 8.47. The maximum absolute atomic E-state index is 12.4. The summed E-state index contributed by atoms with van der Waals surface area (Å²) in [5.41, 5.74) is 2.76. The van der Waals surface area contributed by atoms with E-state index < -0.39 is 0 Å². The number of aromatic nitrogens is 3. The van der Waals surface area contributed by atoms with E-state index in [1.165, 1.54) is 12.8 Å². The van der Waals surface area contributed by atoms with Gasteiger partial charge in [-0.1, -0.05) is 31.9 Å². The third-order valence-corrected chi connectivity index (χ3v) is 4.13. The SMILES string of the molecule is CCCCCOc1ccc(CNC(=O)c2ncn3ccc(C)nc23)cc1. The Bertz CT molecular complexity index is 871. The van der Waals surface area contributed by atoms with Crippen LogP contribution in [0.3, 0.4) is 0 Å². The molecule has 0 aliphatic heterocycles. The zero-order valence-electron chi connectivity index (χ0n) is 15.2. The smallest absolute Gasteiger partial charge is 0.274 e. The number of carbonyl (C=O) groups is 1. The minimum Gasteiger partial charge on any atom is -0.494 e. The van der Waals surface area contributed by atoms with Crippen molar-refractivity contribution in [3.05, 3.63) is 59.8 Å². The number of benzene rings is 1. The van der Waals surface area contributed by atoms with Crippen molar-refractivity contribution in [2.24, 2.45) is 0 Å². The summed E-state index contributed by atoms with van der Waals surface area (Å²) in [7, 11) is 0. The van der Waals surface area contributed by atoms with Gasteiger partial charge >= 0.3 is 0 Å². The van der Waals surface area contributed by atoms with Crippen LogP contribution in [0.25, 0.3) is 5.65 Å². The molecule has 0 radical (unpaired) electrons. The van der Waals surface area contributed by atoms with E-state index in [1.54, 1.807) is 10.7 Å². The normalized spacial score (nSPS) is 10.8. The van der Waals surface area contributed by atoms with Crippen LogP contribution < -0.4 is 10.1 Å². The van der Waals surface area contributed by atoms with Crippen LogP contribution in [0.1, 0.15) is 47.9 Å². The summed E-state index contributed by atoms with van der Waals surface area (Å²) in [5.74, 6) is 0.626. The number of hydrogen-bond donors (Lipinski definition) is 1. The Hall–Kier alpha value is -2.89. The van der Waals surface area contributed by atoms with E-state index in [2.05, 4.69) is 22.2 Å². The van der Waals surface area contributed by atoms with Gasteiger partial charge in [0.15, 0.2) is 11.3 Å².